The van der Waals surface area contributed by atoms with Crippen LogP contribution in [0.2, 0.25) is 5.02 Å². The molecular formula is C27H21ClF3N3O. The molecule has 35 heavy (non-hydrogen) atoms. The van der Waals surface area contributed by atoms with E-state index >= 15 is 0 Å². The number of rotatable bonds is 3. The van der Waals surface area contributed by atoms with Gasteiger partial charge in [-0.25, -0.2) is 4.98 Å². The van der Waals surface area contributed by atoms with E-state index < -0.39 is 17.3 Å². The number of nitrogens with zero attached hydrogens (tertiary/aromatic N) is 2. The Labute approximate surface area is 204 Å². The lowest BCUT2D eigenvalue weighted by atomic mass is 9.66. The molecular weight excluding hydrogens is 475 g/mol. The third kappa shape index (κ3) is 3.36. The molecule has 178 valence electrons. The number of likely N-dealkylation sites (tertiary alicyclic amines) is 1. The van der Waals surface area contributed by atoms with Crippen LogP contribution in [-0.4, -0.2) is 27.3 Å². The van der Waals surface area contributed by atoms with Gasteiger partial charge in [0.15, 0.2) is 0 Å². The molecule has 1 amide bonds. The molecule has 1 aromatic heterocycles. The van der Waals surface area contributed by atoms with Crippen molar-refractivity contribution in [2.75, 3.05) is 6.54 Å². The molecule has 6 rings (SSSR count). The summed E-state index contributed by atoms with van der Waals surface area (Å²) in [7, 11) is 0. The molecule has 1 N–H and O–H groups in total. The van der Waals surface area contributed by atoms with Gasteiger partial charge >= 0.3 is 6.18 Å². The summed E-state index contributed by atoms with van der Waals surface area (Å²) < 4.78 is 40.2. The van der Waals surface area contributed by atoms with E-state index in [1.807, 2.05) is 59.5 Å². The first-order valence-corrected chi connectivity index (χ1v) is 11.9. The van der Waals surface area contributed by atoms with Crippen LogP contribution >= 0.6 is 11.6 Å². The maximum absolute atomic E-state index is 14.0. The average molecular weight is 496 g/mol. The predicted octanol–water partition coefficient (Wildman–Crippen LogP) is 7.05. The fourth-order valence-corrected chi connectivity index (χ4v) is 5.97. The smallest absolute Gasteiger partial charge is 0.340 e. The van der Waals surface area contributed by atoms with Gasteiger partial charge in [-0.1, -0.05) is 60.1 Å². The second-order valence-corrected chi connectivity index (χ2v) is 9.66. The van der Waals surface area contributed by atoms with Crippen molar-refractivity contribution in [2.45, 2.75) is 31.0 Å². The van der Waals surface area contributed by atoms with Crippen molar-refractivity contribution < 1.29 is 18.0 Å². The number of nitrogens with one attached hydrogen (secondary N) is 1. The first-order valence-electron chi connectivity index (χ1n) is 11.5. The van der Waals surface area contributed by atoms with Crippen molar-refractivity contribution in [1.82, 2.24) is 14.9 Å². The highest BCUT2D eigenvalue weighted by atomic mass is 35.5. The van der Waals surface area contributed by atoms with Crippen LogP contribution in [-0.2, 0) is 11.7 Å². The molecule has 0 unspecified atom stereocenters. The van der Waals surface area contributed by atoms with Gasteiger partial charge in [-0.15, -0.1) is 0 Å². The van der Waals surface area contributed by atoms with E-state index in [1.165, 1.54) is 6.07 Å². The predicted molar refractivity (Wildman–Crippen MR) is 128 cm³/mol. The van der Waals surface area contributed by atoms with Crippen LogP contribution in [0.3, 0.4) is 0 Å². The largest absolute Gasteiger partial charge is 0.417 e. The Hall–Kier alpha value is -3.32. The fraction of sp³-hybridized carbons (Fsp3) is 0.259. The Bertz CT molecular complexity index is 1450. The van der Waals surface area contributed by atoms with Crippen LogP contribution < -0.4 is 0 Å². The number of aromatic amines is 1. The zero-order valence-corrected chi connectivity index (χ0v) is 19.3. The van der Waals surface area contributed by atoms with E-state index in [0.717, 1.165) is 30.0 Å². The number of fused-ring (bicyclic) bond motifs is 2. The first kappa shape index (κ1) is 22.2. The van der Waals surface area contributed by atoms with Gasteiger partial charge in [-0.2, -0.15) is 13.2 Å². The molecule has 1 aliphatic heterocycles. The highest BCUT2D eigenvalue weighted by Crippen LogP contribution is 2.57. The van der Waals surface area contributed by atoms with E-state index in [1.54, 1.807) is 0 Å². The summed E-state index contributed by atoms with van der Waals surface area (Å²) in [5, 5.41) is -0.387. The van der Waals surface area contributed by atoms with Crippen molar-refractivity contribution in [3.63, 3.8) is 0 Å². The number of carbonyl (C=O) groups excluding carboxylic acids is 1. The highest BCUT2D eigenvalue weighted by Gasteiger charge is 2.59. The number of amides is 1. The highest BCUT2D eigenvalue weighted by molar-refractivity contribution is 6.32. The quantitative estimate of drug-likeness (QED) is 0.331. The minimum atomic E-state index is -4.57. The van der Waals surface area contributed by atoms with Crippen LogP contribution in [0.5, 0.6) is 0 Å². The van der Waals surface area contributed by atoms with Crippen LogP contribution in [0.1, 0.15) is 41.0 Å². The average Bonchev–Trinajstić information content (AvgIpc) is 3.35. The van der Waals surface area contributed by atoms with Crippen LogP contribution in [0.4, 0.5) is 13.2 Å². The Morgan fingerprint density at radius 1 is 1.06 bits per heavy atom. The number of H-pyrrole nitrogens is 1. The maximum Gasteiger partial charge on any atom is 0.417 e. The summed E-state index contributed by atoms with van der Waals surface area (Å²) in [4.78, 5) is 23.6. The summed E-state index contributed by atoms with van der Waals surface area (Å²) in [6, 6.07) is 19.5. The summed E-state index contributed by atoms with van der Waals surface area (Å²) in [6.07, 6.45) is -2.10. The Morgan fingerprint density at radius 3 is 2.51 bits per heavy atom. The number of hydrogen-bond acceptors (Lipinski definition) is 2. The number of hydrogen-bond donors (Lipinski definition) is 1. The van der Waals surface area contributed by atoms with E-state index in [2.05, 4.69) is 9.97 Å². The molecule has 0 bridgehead atoms. The van der Waals surface area contributed by atoms with Gasteiger partial charge < -0.3 is 9.88 Å². The Morgan fingerprint density at radius 2 is 1.80 bits per heavy atom. The van der Waals surface area contributed by atoms with Gasteiger partial charge in [0.1, 0.15) is 11.4 Å². The molecule has 0 spiro atoms. The molecule has 2 atom stereocenters. The van der Waals surface area contributed by atoms with Crippen molar-refractivity contribution in [1.29, 1.82) is 0 Å². The monoisotopic (exact) mass is 495 g/mol. The molecule has 1 saturated carbocycles. The second-order valence-electron chi connectivity index (χ2n) is 9.25. The summed E-state index contributed by atoms with van der Waals surface area (Å²) in [5.41, 5.74) is 1.47. The Kier molecular flexibility index (Phi) is 4.97. The molecule has 8 heteroatoms. The Balaban J connectivity index is 1.43. The zero-order chi connectivity index (χ0) is 24.4. The number of halogens is 4. The van der Waals surface area contributed by atoms with E-state index in [4.69, 9.17) is 11.6 Å². The van der Waals surface area contributed by atoms with Gasteiger partial charge in [0.25, 0.3) is 5.91 Å². The van der Waals surface area contributed by atoms with Crippen molar-refractivity contribution >= 4 is 28.5 Å². The van der Waals surface area contributed by atoms with Crippen molar-refractivity contribution in [3.8, 4) is 11.1 Å². The van der Waals surface area contributed by atoms with E-state index in [-0.39, 0.29) is 22.4 Å². The lowest BCUT2D eigenvalue weighted by Crippen LogP contribution is -2.54. The normalized spacial score (nSPS) is 21.7. The van der Waals surface area contributed by atoms with E-state index in [0.29, 0.717) is 29.9 Å². The molecule has 3 aromatic carbocycles. The molecule has 2 aliphatic rings. The SMILES string of the molecule is O=C(c1ccccc1-c1ccccc1)N1CC[C@@H]2CC[C@@]21c1nc2cc(Cl)c(C(F)(F)F)cc2[nH]1. The molecule has 1 aliphatic carbocycles. The summed E-state index contributed by atoms with van der Waals surface area (Å²) in [6.45, 7) is 0.568. The fourth-order valence-electron chi connectivity index (χ4n) is 5.71. The molecule has 4 nitrogen and oxygen atoms in total. The van der Waals surface area contributed by atoms with Crippen LogP contribution in [0.15, 0.2) is 66.7 Å². The number of benzene rings is 3. The molecule has 4 aromatic rings. The third-order valence-electron chi connectivity index (χ3n) is 7.51. The van der Waals surface area contributed by atoms with Gasteiger partial charge in [-0.05, 0) is 54.5 Å². The number of aromatic nitrogens is 2. The summed E-state index contributed by atoms with van der Waals surface area (Å²) in [5.74, 6) is 0.636. The lowest BCUT2D eigenvalue weighted by molar-refractivity contribution is -0.137. The number of carbonyl (C=O) groups is 1. The maximum atomic E-state index is 14.0. The second kappa shape index (κ2) is 7.85. The standard InChI is InChI=1S/C27H21ClF3N3O/c28-21-15-23-22(14-20(21)27(29,30)31)32-25(33-23)26-12-10-17(26)11-13-34(26)24(35)19-9-5-4-8-18(19)16-6-2-1-3-7-16/h1-9,14-15,17H,10-13H2,(H,32,33)/t17-,26-/m0/s1. The molecule has 2 heterocycles. The van der Waals surface area contributed by atoms with Gasteiger partial charge in [0.2, 0.25) is 0 Å². The van der Waals surface area contributed by atoms with Crippen molar-refractivity contribution in [3.05, 3.63) is 88.7 Å². The van der Waals surface area contributed by atoms with Gasteiger partial charge in [-0.3, -0.25) is 4.79 Å². The van der Waals surface area contributed by atoms with Crippen LogP contribution in [0.25, 0.3) is 22.2 Å². The molecule has 1 saturated heterocycles. The number of imidazole rings is 1. The lowest BCUT2D eigenvalue weighted by Gasteiger charge is -2.48. The topological polar surface area (TPSA) is 49.0 Å². The van der Waals surface area contributed by atoms with Crippen molar-refractivity contribution in [2.24, 2.45) is 5.92 Å². The first-order chi connectivity index (χ1) is 16.8. The van der Waals surface area contributed by atoms with Gasteiger partial charge in [0, 0.05) is 12.1 Å². The third-order valence-corrected chi connectivity index (χ3v) is 7.82. The van der Waals surface area contributed by atoms with Gasteiger partial charge in [0.05, 0.1) is 21.6 Å². The molecule has 2 fully saturated rings. The van der Waals surface area contributed by atoms with E-state index in [9.17, 15) is 18.0 Å². The van der Waals surface area contributed by atoms with Crippen LogP contribution in [0, 0.1) is 5.92 Å². The minimum Gasteiger partial charge on any atom is -0.340 e. The number of alkyl halides is 3. The minimum absolute atomic E-state index is 0.0962. The zero-order valence-electron chi connectivity index (χ0n) is 18.6. The summed E-state index contributed by atoms with van der Waals surface area (Å²) >= 11 is 5.93. The molecule has 0 radical (unpaired) electrons.